The fourth-order valence-electron chi connectivity index (χ4n) is 2.93. The third-order valence-electron chi connectivity index (χ3n) is 3.71. The molecule has 3 heteroatoms. The SMILES string of the molecule is CC1C=C(N2CCOCC2)C2OC2(C)C1. The van der Waals surface area contributed by atoms with Crippen molar-refractivity contribution < 1.29 is 9.47 Å². The first-order valence-corrected chi connectivity index (χ1v) is 5.91. The highest BCUT2D eigenvalue weighted by Gasteiger charge is 2.57. The Morgan fingerprint density at radius 1 is 1.40 bits per heavy atom. The van der Waals surface area contributed by atoms with Crippen LogP contribution in [0, 0.1) is 5.92 Å². The van der Waals surface area contributed by atoms with Crippen molar-refractivity contribution in [3.63, 3.8) is 0 Å². The van der Waals surface area contributed by atoms with Crippen molar-refractivity contribution in [2.24, 2.45) is 5.92 Å². The molecule has 0 aromatic rings. The maximum atomic E-state index is 5.85. The minimum Gasteiger partial charge on any atom is -0.378 e. The molecular weight excluding hydrogens is 190 g/mol. The highest BCUT2D eigenvalue weighted by Crippen LogP contribution is 2.50. The van der Waals surface area contributed by atoms with Gasteiger partial charge < -0.3 is 14.4 Å². The summed E-state index contributed by atoms with van der Waals surface area (Å²) >= 11 is 0. The van der Waals surface area contributed by atoms with Crippen LogP contribution in [0.15, 0.2) is 11.8 Å². The lowest BCUT2D eigenvalue weighted by Gasteiger charge is -2.33. The van der Waals surface area contributed by atoms with E-state index in [2.05, 4.69) is 24.8 Å². The Hall–Kier alpha value is -0.540. The van der Waals surface area contributed by atoms with Crippen LogP contribution in [-0.4, -0.2) is 42.9 Å². The molecule has 2 saturated heterocycles. The van der Waals surface area contributed by atoms with Crippen molar-refractivity contribution in [2.75, 3.05) is 26.3 Å². The van der Waals surface area contributed by atoms with E-state index >= 15 is 0 Å². The van der Waals surface area contributed by atoms with Crippen molar-refractivity contribution in [2.45, 2.75) is 32.0 Å². The molecule has 2 heterocycles. The molecule has 2 fully saturated rings. The van der Waals surface area contributed by atoms with Gasteiger partial charge >= 0.3 is 0 Å². The summed E-state index contributed by atoms with van der Waals surface area (Å²) < 4.78 is 11.2. The predicted molar refractivity (Wildman–Crippen MR) is 57.5 cm³/mol. The summed E-state index contributed by atoms with van der Waals surface area (Å²) in [5.74, 6) is 0.645. The summed E-state index contributed by atoms with van der Waals surface area (Å²) in [6.07, 6.45) is 3.93. The molecule has 1 aliphatic carbocycles. The summed E-state index contributed by atoms with van der Waals surface area (Å²) in [7, 11) is 0. The predicted octanol–water partition coefficient (Wildman–Crippen LogP) is 1.40. The van der Waals surface area contributed by atoms with Gasteiger partial charge in [-0.1, -0.05) is 13.0 Å². The molecule has 84 valence electrons. The minimum atomic E-state index is 0.141. The van der Waals surface area contributed by atoms with Crippen LogP contribution in [0.3, 0.4) is 0 Å². The van der Waals surface area contributed by atoms with Crippen LogP contribution < -0.4 is 0 Å². The smallest absolute Gasteiger partial charge is 0.126 e. The average Bonchev–Trinajstić information content (AvgIpc) is 2.89. The summed E-state index contributed by atoms with van der Waals surface area (Å²) in [5.41, 5.74) is 1.56. The van der Waals surface area contributed by atoms with E-state index in [4.69, 9.17) is 9.47 Å². The van der Waals surface area contributed by atoms with Crippen LogP contribution in [0.1, 0.15) is 20.3 Å². The zero-order valence-corrected chi connectivity index (χ0v) is 9.53. The van der Waals surface area contributed by atoms with Crippen molar-refractivity contribution in [1.29, 1.82) is 0 Å². The molecule has 0 aromatic carbocycles. The Balaban J connectivity index is 1.79. The molecule has 3 rings (SSSR count). The molecule has 3 aliphatic rings. The minimum absolute atomic E-state index is 0.141. The zero-order chi connectivity index (χ0) is 10.5. The molecule has 0 spiro atoms. The molecule has 15 heavy (non-hydrogen) atoms. The van der Waals surface area contributed by atoms with Gasteiger partial charge in [-0.05, 0) is 19.3 Å². The number of fused-ring (bicyclic) bond motifs is 1. The summed E-state index contributed by atoms with van der Waals surface area (Å²) in [5, 5.41) is 0. The second kappa shape index (κ2) is 3.22. The lowest BCUT2D eigenvalue weighted by Crippen LogP contribution is -2.39. The van der Waals surface area contributed by atoms with Crippen LogP contribution in [0.2, 0.25) is 0 Å². The van der Waals surface area contributed by atoms with Gasteiger partial charge in [0.15, 0.2) is 0 Å². The van der Waals surface area contributed by atoms with E-state index in [0.717, 1.165) is 26.3 Å². The van der Waals surface area contributed by atoms with E-state index < -0.39 is 0 Å². The van der Waals surface area contributed by atoms with Crippen LogP contribution in [0.4, 0.5) is 0 Å². The Morgan fingerprint density at radius 2 is 2.13 bits per heavy atom. The standard InChI is InChI=1S/C12H19NO2/c1-9-7-10(11-12(2,8-9)15-11)13-3-5-14-6-4-13/h7,9,11H,3-6,8H2,1-2H3. The molecule has 3 unspecified atom stereocenters. The number of allylic oxidation sites excluding steroid dienone is 1. The van der Waals surface area contributed by atoms with Crippen molar-refractivity contribution in [3.05, 3.63) is 11.8 Å². The maximum absolute atomic E-state index is 5.85. The zero-order valence-electron chi connectivity index (χ0n) is 9.53. The van der Waals surface area contributed by atoms with Gasteiger partial charge in [0.1, 0.15) is 6.10 Å². The Morgan fingerprint density at radius 3 is 2.87 bits per heavy atom. The van der Waals surface area contributed by atoms with Gasteiger partial charge in [-0.2, -0.15) is 0 Å². The van der Waals surface area contributed by atoms with E-state index in [0.29, 0.717) is 12.0 Å². The second-order valence-corrected chi connectivity index (χ2v) is 5.18. The number of hydrogen-bond acceptors (Lipinski definition) is 3. The van der Waals surface area contributed by atoms with E-state index in [1.807, 2.05) is 0 Å². The van der Waals surface area contributed by atoms with Gasteiger partial charge in [-0.3, -0.25) is 0 Å². The monoisotopic (exact) mass is 209 g/mol. The molecule has 3 atom stereocenters. The van der Waals surface area contributed by atoms with Crippen LogP contribution in [0.5, 0.6) is 0 Å². The van der Waals surface area contributed by atoms with Gasteiger partial charge in [-0.15, -0.1) is 0 Å². The third-order valence-corrected chi connectivity index (χ3v) is 3.71. The number of morpholine rings is 1. The molecule has 0 amide bonds. The van der Waals surface area contributed by atoms with Gasteiger partial charge in [-0.25, -0.2) is 0 Å². The number of epoxide rings is 1. The first-order valence-electron chi connectivity index (χ1n) is 5.91. The summed E-state index contributed by atoms with van der Waals surface area (Å²) in [4.78, 5) is 2.44. The maximum Gasteiger partial charge on any atom is 0.126 e. The highest BCUT2D eigenvalue weighted by molar-refractivity contribution is 5.27. The van der Waals surface area contributed by atoms with E-state index in [1.54, 1.807) is 0 Å². The first-order chi connectivity index (χ1) is 7.19. The number of nitrogens with zero attached hydrogens (tertiary/aromatic N) is 1. The lowest BCUT2D eigenvalue weighted by atomic mass is 9.86. The topological polar surface area (TPSA) is 25.0 Å². The van der Waals surface area contributed by atoms with Crippen molar-refractivity contribution in [1.82, 2.24) is 4.90 Å². The molecule has 0 saturated carbocycles. The number of ether oxygens (including phenoxy) is 2. The average molecular weight is 209 g/mol. The quantitative estimate of drug-likeness (QED) is 0.610. The fraction of sp³-hybridized carbons (Fsp3) is 0.833. The van der Waals surface area contributed by atoms with Crippen molar-refractivity contribution in [3.8, 4) is 0 Å². The lowest BCUT2D eigenvalue weighted by molar-refractivity contribution is 0.0501. The molecule has 0 N–H and O–H groups in total. The normalized spacial score (nSPS) is 44.7. The third kappa shape index (κ3) is 1.58. The van der Waals surface area contributed by atoms with E-state index in [9.17, 15) is 0 Å². The molecule has 0 bridgehead atoms. The summed E-state index contributed by atoms with van der Waals surface area (Å²) in [6, 6.07) is 0. The molecular formula is C12H19NO2. The van der Waals surface area contributed by atoms with Gasteiger partial charge in [0, 0.05) is 18.8 Å². The molecule has 2 aliphatic heterocycles. The second-order valence-electron chi connectivity index (χ2n) is 5.18. The Labute approximate surface area is 91.0 Å². The first kappa shape index (κ1) is 9.67. The van der Waals surface area contributed by atoms with Gasteiger partial charge in [0.25, 0.3) is 0 Å². The molecule has 3 nitrogen and oxygen atoms in total. The van der Waals surface area contributed by atoms with Gasteiger partial charge in [0.05, 0.1) is 18.8 Å². The van der Waals surface area contributed by atoms with Gasteiger partial charge in [0.2, 0.25) is 0 Å². The van der Waals surface area contributed by atoms with E-state index in [-0.39, 0.29) is 5.60 Å². The van der Waals surface area contributed by atoms with Crippen LogP contribution in [-0.2, 0) is 9.47 Å². The largest absolute Gasteiger partial charge is 0.378 e. The fourth-order valence-corrected chi connectivity index (χ4v) is 2.93. The van der Waals surface area contributed by atoms with E-state index in [1.165, 1.54) is 12.1 Å². The van der Waals surface area contributed by atoms with Crippen LogP contribution in [0.25, 0.3) is 0 Å². The van der Waals surface area contributed by atoms with Crippen LogP contribution >= 0.6 is 0 Å². The summed E-state index contributed by atoms with van der Waals surface area (Å²) in [6.45, 7) is 8.28. The molecule has 0 aromatic heterocycles. The number of rotatable bonds is 1. The molecule has 0 radical (unpaired) electrons. The highest BCUT2D eigenvalue weighted by atomic mass is 16.6. The Kier molecular flexibility index (Phi) is 2.08. The Bertz CT molecular complexity index is 296. The van der Waals surface area contributed by atoms with Crippen molar-refractivity contribution >= 4 is 0 Å². The number of hydrogen-bond donors (Lipinski definition) is 0.